The highest BCUT2D eigenvalue weighted by Crippen LogP contribution is 2.48. The molecule has 2 bridgehead atoms. The molecule has 2 aromatic rings. The third-order valence-electron chi connectivity index (χ3n) is 13.3. The van der Waals surface area contributed by atoms with Crippen LogP contribution in [0.2, 0.25) is 0 Å². The number of aromatic amines is 1. The van der Waals surface area contributed by atoms with Crippen molar-refractivity contribution in [3.8, 4) is 0 Å². The summed E-state index contributed by atoms with van der Waals surface area (Å²) in [5.74, 6) is -3.33. The number of likely N-dealkylation sites (N-methyl/N-ethyl adjacent to an activating group) is 1. The van der Waals surface area contributed by atoms with Crippen molar-refractivity contribution >= 4 is 22.8 Å². The average molecular weight is 801 g/mol. The Balaban J connectivity index is 1.39. The second-order valence-electron chi connectivity index (χ2n) is 18.3. The molecule has 0 radical (unpaired) electrons. The van der Waals surface area contributed by atoms with E-state index in [-0.39, 0.29) is 30.4 Å². The molecule has 1 spiro atoms. The number of hydrogen-bond acceptors (Lipinski definition) is 12. The molecule has 6 rings (SSSR count). The number of esters is 1. The molecular weight excluding hydrogens is 732 g/mol. The first-order valence-electron chi connectivity index (χ1n) is 21.0. The van der Waals surface area contributed by atoms with Crippen molar-refractivity contribution in [2.45, 2.75) is 159 Å². The summed E-state index contributed by atoms with van der Waals surface area (Å²) in [6.45, 7) is 16.1. The molecule has 4 saturated heterocycles. The number of rotatable bonds is 5. The Bertz CT molecular complexity index is 1660. The van der Waals surface area contributed by atoms with Gasteiger partial charge in [-0.05, 0) is 92.6 Å². The molecule has 4 aliphatic rings. The van der Waals surface area contributed by atoms with E-state index in [4.69, 9.17) is 23.7 Å². The van der Waals surface area contributed by atoms with Crippen LogP contribution in [0.5, 0.6) is 0 Å². The maximum atomic E-state index is 14.3. The molecule has 320 valence electrons. The molecule has 5 N–H and O–H groups in total. The number of ether oxygens (including phenoxy) is 5. The van der Waals surface area contributed by atoms with Gasteiger partial charge in [-0.15, -0.1) is 0 Å². The van der Waals surface area contributed by atoms with Gasteiger partial charge in [0.15, 0.2) is 12.1 Å². The fourth-order valence-corrected chi connectivity index (χ4v) is 9.96. The third kappa shape index (κ3) is 8.95. The summed E-state index contributed by atoms with van der Waals surface area (Å²) in [7, 11) is 3.86. The van der Waals surface area contributed by atoms with Crippen LogP contribution >= 0.6 is 0 Å². The molecular formula is C43H68N4O10. The first kappa shape index (κ1) is 43.9. The maximum absolute atomic E-state index is 14.3. The molecule has 14 nitrogen and oxygen atoms in total. The number of aromatic nitrogens is 1. The van der Waals surface area contributed by atoms with Crippen molar-refractivity contribution in [2.24, 2.45) is 17.8 Å². The van der Waals surface area contributed by atoms with Crippen molar-refractivity contribution in [3.63, 3.8) is 0 Å². The number of aliphatic hydroxyl groups is 3. The van der Waals surface area contributed by atoms with Gasteiger partial charge in [-0.2, -0.15) is 0 Å². The molecule has 14 atom stereocenters. The molecule has 0 saturated carbocycles. The predicted octanol–water partition coefficient (Wildman–Crippen LogP) is 3.81. The van der Waals surface area contributed by atoms with Crippen LogP contribution in [-0.4, -0.2) is 148 Å². The highest BCUT2D eigenvalue weighted by atomic mass is 16.7. The lowest BCUT2D eigenvalue weighted by Gasteiger charge is -2.49. The van der Waals surface area contributed by atoms with Crippen LogP contribution in [0.15, 0.2) is 30.3 Å². The lowest BCUT2D eigenvalue weighted by atomic mass is 9.78. The minimum Gasteiger partial charge on any atom is -0.459 e. The maximum Gasteiger partial charge on any atom is 0.311 e. The Hall–Kier alpha value is -2.66. The van der Waals surface area contributed by atoms with E-state index in [1.54, 1.807) is 6.92 Å². The number of cyclic esters (lactones) is 1. The summed E-state index contributed by atoms with van der Waals surface area (Å²) in [6.07, 6.45) is -3.92. The topological polar surface area (TPSA) is 175 Å². The number of carbonyl (C=O) groups is 2. The molecule has 1 aromatic carbocycles. The summed E-state index contributed by atoms with van der Waals surface area (Å²) in [6, 6.07) is 8.91. The number of likely N-dealkylation sites (tertiary alicyclic amines) is 1. The van der Waals surface area contributed by atoms with Crippen LogP contribution in [0, 0.1) is 17.8 Å². The molecule has 0 aliphatic carbocycles. The van der Waals surface area contributed by atoms with E-state index in [2.05, 4.69) is 17.2 Å². The summed E-state index contributed by atoms with van der Waals surface area (Å²) in [5, 5.41) is 39.2. The zero-order chi connectivity index (χ0) is 41.6. The van der Waals surface area contributed by atoms with Gasteiger partial charge in [0.05, 0.1) is 29.8 Å². The average Bonchev–Trinajstić information content (AvgIpc) is 3.58. The van der Waals surface area contributed by atoms with Crippen molar-refractivity contribution in [1.29, 1.82) is 0 Å². The van der Waals surface area contributed by atoms with Crippen molar-refractivity contribution < 1.29 is 48.6 Å². The van der Waals surface area contributed by atoms with Gasteiger partial charge in [0.1, 0.15) is 29.6 Å². The fraction of sp³-hybridized carbons (Fsp3) is 0.767. The number of para-hydroxylation sites is 1. The molecule has 5 heterocycles. The summed E-state index contributed by atoms with van der Waals surface area (Å²) in [5.41, 5.74) is -1.40. The standard InChI is InChI=1S/C43H68N4O10/c1-11-33-42(8,52)36(49)28(6)44-23-24(2)22-41(7)37(55-40-34(48)32(46(9)10)20-25(3)53-40)26(4)35(27(5)39(51)54-33)56-43(57-41)16-18-47(19-17-43)38(50)31-21-29-14-12-13-15-30(29)45-31/h12-15,21,24-28,32-37,40,44-45,48-49,52H,11,16-20,22-23H2,1-10H3/t24-,25-,26+,27-,28-,32+,33-,34-,35+,36-,37-,40+,41-,42-/m1/s1. The summed E-state index contributed by atoms with van der Waals surface area (Å²) < 4.78 is 34.0. The fourth-order valence-electron chi connectivity index (χ4n) is 9.96. The number of benzene rings is 1. The Labute approximate surface area is 337 Å². The first-order chi connectivity index (χ1) is 26.8. The Morgan fingerprint density at radius 1 is 1.07 bits per heavy atom. The zero-order valence-corrected chi connectivity index (χ0v) is 35.6. The zero-order valence-electron chi connectivity index (χ0n) is 35.6. The van der Waals surface area contributed by atoms with Crippen LogP contribution in [0.4, 0.5) is 0 Å². The Morgan fingerprint density at radius 3 is 2.40 bits per heavy atom. The van der Waals surface area contributed by atoms with Gasteiger partial charge < -0.3 is 59.1 Å². The first-order valence-corrected chi connectivity index (χ1v) is 21.0. The normalized spacial score (nSPS) is 41.1. The second-order valence-corrected chi connectivity index (χ2v) is 18.3. The van der Waals surface area contributed by atoms with Crippen LogP contribution in [0.3, 0.4) is 0 Å². The lowest BCUT2D eigenvalue weighted by Crippen LogP contribution is -2.60. The van der Waals surface area contributed by atoms with Gasteiger partial charge in [-0.3, -0.25) is 9.59 Å². The van der Waals surface area contributed by atoms with E-state index in [1.807, 2.05) is 88.8 Å². The number of hydrogen-bond donors (Lipinski definition) is 5. The minimum absolute atomic E-state index is 0.0433. The Morgan fingerprint density at radius 2 is 1.75 bits per heavy atom. The number of aliphatic hydroxyl groups excluding tert-OH is 2. The molecule has 57 heavy (non-hydrogen) atoms. The van der Waals surface area contributed by atoms with Crippen LogP contribution in [-0.2, 0) is 28.5 Å². The quantitative estimate of drug-likeness (QED) is 0.277. The molecule has 1 aromatic heterocycles. The van der Waals surface area contributed by atoms with Gasteiger partial charge in [-0.25, -0.2) is 0 Å². The van der Waals surface area contributed by atoms with E-state index in [1.165, 1.54) is 6.92 Å². The van der Waals surface area contributed by atoms with E-state index in [0.29, 0.717) is 51.0 Å². The second kappa shape index (κ2) is 17.1. The molecule has 4 aliphatic heterocycles. The minimum atomic E-state index is -1.75. The molecule has 4 fully saturated rings. The van der Waals surface area contributed by atoms with Gasteiger partial charge in [0, 0.05) is 54.8 Å². The van der Waals surface area contributed by atoms with Crippen LogP contribution < -0.4 is 5.32 Å². The van der Waals surface area contributed by atoms with Gasteiger partial charge in [0.2, 0.25) is 0 Å². The van der Waals surface area contributed by atoms with Gasteiger partial charge >= 0.3 is 5.97 Å². The number of fused-ring (bicyclic) bond motifs is 4. The Kier molecular flexibility index (Phi) is 13.2. The van der Waals surface area contributed by atoms with E-state index < -0.39 is 77.6 Å². The lowest BCUT2D eigenvalue weighted by molar-refractivity contribution is -0.331. The molecule has 14 heteroatoms. The smallest absolute Gasteiger partial charge is 0.311 e. The number of H-pyrrole nitrogens is 1. The number of amides is 1. The van der Waals surface area contributed by atoms with Crippen molar-refractivity contribution in [2.75, 3.05) is 33.7 Å². The van der Waals surface area contributed by atoms with Crippen molar-refractivity contribution in [3.05, 3.63) is 36.0 Å². The highest BCUT2D eigenvalue weighted by Gasteiger charge is 2.58. The van der Waals surface area contributed by atoms with E-state index in [9.17, 15) is 24.9 Å². The van der Waals surface area contributed by atoms with E-state index >= 15 is 0 Å². The monoisotopic (exact) mass is 800 g/mol. The summed E-state index contributed by atoms with van der Waals surface area (Å²) in [4.78, 5) is 35.3. The molecule has 1 amide bonds. The number of piperidine rings is 1. The van der Waals surface area contributed by atoms with E-state index in [0.717, 1.165) is 10.9 Å². The SMILES string of the molecule is CC[C@H]1OC(=O)[C@H](C)[C@H]2OC3(CCN(C(=O)c4cc5ccccc5[nH]4)CC3)O[C@](C)(C[C@@H](C)CN[C@H](C)[C@@H](O)[C@]1(C)O)[C@H](O[C@@H]1O[C@H](C)C[C@H](N(C)C)[C@H]1O)[C@H]2C. The number of carbonyl (C=O) groups excluding carboxylic acids is 2. The van der Waals surface area contributed by atoms with Crippen LogP contribution in [0.25, 0.3) is 10.9 Å². The third-order valence-corrected chi connectivity index (χ3v) is 13.3. The predicted molar refractivity (Wildman–Crippen MR) is 214 cm³/mol. The molecule has 0 unspecified atom stereocenters. The summed E-state index contributed by atoms with van der Waals surface area (Å²) >= 11 is 0. The number of nitrogens with zero attached hydrogens (tertiary/aromatic N) is 2. The largest absolute Gasteiger partial charge is 0.459 e. The van der Waals surface area contributed by atoms with Gasteiger partial charge in [0.25, 0.3) is 5.91 Å². The van der Waals surface area contributed by atoms with Gasteiger partial charge in [-0.1, -0.05) is 39.0 Å². The highest BCUT2D eigenvalue weighted by molar-refractivity contribution is 5.98. The van der Waals surface area contributed by atoms with Crippen LogP contribution in [0.1, 0.15) is 98.0 Å². The number of nitrogens with one attached hydrogen (secondary N) is 2. The van der Waals surface area contributed by atoms with Crippen molar-refractivity contribution in [1.82, 2.24) is 20.1 Å².